The third-order valence-corrected chi connectivity index (χ3v) is 2.75. The second-order valence-corrected chi connectivity index (χ2v) is 4.26. The van der Waals surface area contributed by atoms with Crippen LogP contribution >= 0.6 is 0 Å². The number of amides is 2. The van der Waals surface area contributed by atoms with Crippen molar-refractivity contribution in [1.29, 1.82) is 0 Å². The van der Waals surface area contributed by atoms with Crippen molar-refractivity contribution < 1.29 is 14.0 Å². The molecule has 0 aromatic heterocycles. The second-order valence-electron chi connectivity index (χ2n) is 4.26. The minimum Gasteiger partial charge on any atom is -0.364 e. The summed E-state index contributed by atoms with van der Waals surface area (Å²) in [6, 6.07) is 14.2. The zero-order chi connectivity index (χ0) is 15.2. The molecule has 0 unspecified atom stereocenters. The molecule has 0 spiro atoms. The highest BCUT2D eigenvalue weighted by atomic mass is 19.1. The first kappa shape index (κ1) is 14.5. The topological polar surface area (TPSA) is 72.2 Å². The van der Waals surface area contributed by atoms with Crippen LogP contribution in [-0.2, 0) is 4.79 Å². The van der Waals surface area contributed by atoms with E-state index in [1.165, 1.54) is 24.3 Å². The predicted octanol–water partition coefficient (Wildman–Crippen LogP) is 2.08. The average Bonchev–Trinajstić information content (AvgIpc) is 2.49. The molecule has 0 aliphatic rings. The fraction of sp³-hybridized carbons (Fsp3) is 0. The number of rotatable bonds is 4. The second kappa shape index (κ2) is 6.47. The van der Waals surface area contributed by atoms with E-state index in [9.17, 15) is 14.0 Å². The molecule has 2 aromatic carbocycles. The molecule has 0 atom stereocenters. The molecule has 2 aromatic rings. The monoisotopic (exact) mass is 284 g/mol. The molecule has 0 heterocycles. The lowest BCUT2D eigenvalue weighted by atomic mass is 10.1. The fourth-order valence-electron chi connectivity index (χ4n) is 1.70. The van der Waals surface area contributed by atoms with Crippen LogP contribution in [0.4, 0.5) is 4.39 Å². The van der Waals surface area contributed by atoms with Crippen LogP contribution in [-0.4, -0.2) is 11.8 Å². The highest BCUT2D eigenvalue weighted by Crippen LogP contribution is 2.11. The van der Waals surface area contributed by atoms with E-state index >= 15 is 0 Å². The van der Waals surface area contributed by atoms with Gasteiger partial charge in [-0.2, -0.15) is 0 Å². The van der Waals surface area contributed by atoms with Gasteiger partial charge in [-0.1, -0.05) is 36.4 Å². The minimum absolute atomic E-state index is 0.166. The molecule has 0 aliphatic heterocycles. The van der Waals surface area contributed by atoms with Gasteiger partial charge in [-0.3, -0.25) is 9.59 Å². The molecular formula is C16H13FN2O2. The molecule has 0 bridgehead atoms. The molecule has 2 amide bonds. The maximum absolute atomic E-state index is 13.6. The lowest BCUT2D eigenvalue weighted by Crippen LogP contribution is -2.31. The predicted molar refractivity (Wildman–Crippen MR) is 77.5 cm³/mol. The Morgan fingerprint density at radius 2 is 1.62 bits per heavy atom. The number of carbonyl (C=O) groups excluding carboxylic acids is 2. The van der Waals surface area contributed by atoms with E-state index in [0.29, 0.717) is 5.56 Å². The fourth-order valence-corrected chi connectivity index (χ4v) is 1.70. The number of benzene rings is 2. The van der Waals surface area contributed by atoms with Crippen LogP contribution in [0.2, 0.25) is 0 Å². The highest BCUT2D eigenvalue weighted by molar-refractivity contribution is 6.04. The Balaban J connectivity index is 2.27. The summed E-state index contributed by atoms with van der Waals surface area (Å²) in [7, 11) is 0. The summed E-state index contributed by atoms with van der Waals surface area (Å²) in [6.07, 6.45) is 1.21. The maximum atomic E-state index is 13.6. The summed E-state index contributed by atoms with van der Waals surface area (Å²) in [5.74, 6) is -1.84. The van der Waals surface area contributed by atoms with E-state index in [1.807, 2.05) is 0 Å². The van der Waals surface area contributed by atoms with Crippen molar-refractivity contribution in [3.63, 3.8) is 0 Å². The first-order chi connectivity index (χ1) is 10.1. The number of carbonyl (C=O) groups is 2. The minimum atomic E-state index is -0.845. The van der Waals surface area contributed by atoms with Crippen molar-refractivity contribution in [2.24, 2.45) is 5.73 Å². The summed E-state index contributed by atoms with van der Waals surface area (Å²) in [5.41, 5.74) is 5.58. The third-order valence-electron chi connectivity index (χ3n) is 2.75. The first-order valence-corrected chi connectivity index (χ1v) is 6.20. The van der Waals surface area contributed by atoms with Crippen molar-refractivity contribution >= 4 is 17.9 Å². The van der Waals surface area contributed by atoms with E-state index in [-0.39, 0.29) is 11.3 Å². The van der Waals surface area contributed by atoms with Crippen LogP contribution < -0.4 is 11.1 Å². The van der Waals surface area contributed by atoms with Crippen molar-refractivity contribution in [2.45, 2.75) is 0 Å². The van der Waals surface area contributed by atoms with Gasteiger partial charge < -0.3 is 11.1 Å². The summed E-state index contributed by atoms with van der Waals surface area (Å²) in [6.45, 7) is 0. The van der Waals surface area contributed by atoms with Crippen LogP contribution in [0.25, 0.3) is 6.08 Å². The molecule has 0 saturated heterocycles. The van der Waals surface area contributed by atoms with Gasteiger partial charge in [0.25, 0.3) is 11.8 Å². The van der Waals surface area contributed by atoms with Crippen molar-refractivity contribution in [1.82, 2.24) is 5.32 Å². The Bertz CT molecular complexity index is 696. The number of hydrogen-bond acceptors (Lipinski definition) is 2. The van der Waals surface area contributed by atoms with Crippen LogP contribution in [0.5, 0.6) is 0 Å². The zero-order valence-electron chi connectivity index (χ0n) is 11.0. The van der Waals surface area contributed by atoms with Gasteiger partial charge in [0.1, 0.15) is 11.5 Å². The van der Waals surface area contributed by atoms with Crippen LogP contribution in [0.15, 0.2) is 60.3 Å². The Morgan fingerprint density at radius 1 is 1.00 bits per heavy atom. The van der Waals surface area contributed by atoms with Gasteiger partial charge in [-0.25, -0.2) is 4.39 Å². The molecule has 21 heavy (non-hydrogen) atoms. The van der Waals surface area contributed by atoms with Crippen molar-refractivity contribution in [2.75, 3.05) is 0 Å². The van der Waals surface area contributed by atoms with Gasteiger partial charge in [-0.15, -0.1) is 0 Å². The molecular weight excluding hydrogens is 271 g/mol. The largest absolute Gasteiger partial charge is 0.364 e. The van der Waals surface area contributed by atoms with Crippen LogP contribution in [0, 0.1) is 5.82 Å². The lowest BCUT2D eigenvalue weighted by molar-refractivity contribution is -0.114. The van der Waals surface area contributed by atoms with E-state index in [4.69, 9.17) is 5.73 Å². The van der Waals surface area contributed by atoms with E-state index in [1.54, 1.807) is 36.4 Å². The van der Waals surface area contributed by atoms with Gasteiger partial charge in [-0.05, 0) is 24.3 Å². The first-order valence-electron chi connectivity index (χ1n) is 6.20. The van der Waals surface area contributed by atoms with Gasteiger partial charge in [0.15, 0.2) is 0 Å². The van der Waals surface area contributed by atoms with Crippen molar-refractivity contribution in [3.8, 4) is 0 Å². The standard InChI is InChI=1S/C16H13FN2O2/c17-13-9-5-4-8-12(13)10-14(15(18)20)19-16(21)11-6-2-1-3-7-11/h1-10H,(H2,18,20)(H,19,21)/b14-10+. The average molecular weight is 284 g/mol. The SMILES string of the molecule is NC(=O)/C(=C\c1ccccc1F)NC(=O)c1ccccc1. The Labute approximate surface area is 121 Å². The Hall–Kier alpha value is -2.95. The number of primary amides is 1. The molecule has 5 heteroatoms. The summed E-state index contributed by atoms with van der Waals surface area (Å²) in [4.78, 5) is 23.4. The number of hydrogen-bond donors (Lipinski definition) is 2. The van der Waals surface area contributed by atoms with Crippen molar-refractivity contribution in [3.05, 3.63) is 77.2 Å². The van der Waals surface area contributed by atoms with Gasteiger partial charge in [0.2, 0.25) is 0 Å². The van der Waals surface area contributed by atoms with E-state index in [2.05, 4.69) is 5.32 Å². The molecule has 0 radical (unpaired) electrons. The van der Waals surface area contributed by atoms with Gasteiger partial charge in [0.05, 0.1) is 0 Å². The third kappa shape index (κ3) is 3.76. The molecule has 3 N–H and O–H groups in total. The summed E-state index contributed by atoms with van der Waals surface area (Å²) >= 11 is 0. The number of halogens is 1. The smallest absolute Gasteiger partial charge is 0.265 e. The van der Waals surface area contributed by atoms with Crippen LogP contribution in [0.1, 0.15) is 15.9 Å². The van der Waals surface area contributed by atoms with Gasteiger partial charge >= 0.3 is 0 Å². The Kier molecular flexibility index (Phi) is 4.46. The normalized spacial score (nSPS) is 11.0. The zero-order valence-corrected chi connectivity index (χ0v) is 11.0. The number of nitrogens with one attached hydrogen (secondary N) is 1. The summed E-state index contributed by atoms with van der Waals surface area (Å²) in [5, 5.41) is 2.39. The molecule has 0 aliphatic carbocycles. The van der Waals surface area contributed by atoms with Crippen LogP contribution in [0.3, 0.4) is 0 Å². The Morgan fingerprint density at radius 3 is 2.24 bits per heavy atom. The summed E-state index contributed by atoms with van der Waals surface area (Å²) < 4.78 is 13.6. The molecule has 4 nitrogen and oxygen atoms in total. The molecule has 0 fully saturated rings. The quantitative estimate of drug-likeness (QED) is 0.844. The lowest BCUT2D eigenvalue weighted by Gasteiger charge is -2.07. The number of nitrogens with two attached hydrogens (primary N) is 1. The molecule has 106 valence electrons. The van der Waals surface area contributed by atoms with Gasteiger partial charge in [0, 0.05) is 11.1 Å². The van der Waals surface area contributed by atoms with E-state index < -0.39 is 17.6 Å². The highest BCUT2D eigenvalue weighted by Gasteiger charge is 2.12. The van der Waals surface area contributed by atoms with E-state index in [0.717, 1.165) is 0 Å². The maximum Gasteiger partial charge on any atom is 0.265 e. The molecule has 0 saturated carbocycles. The molecule has 2 rings (SSSR count).